The largest absolute Gasteiger partial charge is 0.393 e. The first-order chi connectivity index (χ1) is 7.33. The Bertz CT molecular complexity index is 236. The molecule has 1 aromatic heterocycles. The quantitative estimate of drug-likeness (QED) is 0.690. The van der Waals surface area contributed by atoms with E-state index >= 15 is 0 Å². The van der Waals surface area contributed by atoms with E-state index in [1.165, 1.54) is 25.7 Å². The minimum absolute atomic E-state index is 0.197. The minimum atomic E-state index is -0.197. The molecule has 0 aliphatic heterocycles. The first-order valence-electron chi connectivity index (χ1n) is 5.89. The Balaban J connectivity index is 2.01. The van der Waals surface area contributed by atoms with Gasteiger partial charge in [-0.25, -0.2) is 4.98 Å². The highest BCUT2D eigenvalue weighted by Crippen LogP contribution is 2.12. The molecule has 1 unspecified atom stereocenters. The normalized spacial score (nSPS) is 12.9. The molecule has 15 heavy (non-hydrogen) atoms. The third-order valence-electron chi connectivity index (χ3n) is 2.53. The van der Waals surface area contributed by atoms with Crippen LogP contribution in [-0.2, 0) is 6.42 Å². The van der Waals surface area contributed by atoms with Gasteiger partial charge in [-0.3, -0.25) is 0 Å². The number of nitrogens with zero attached hydrogens (tertiary/aromatic N) is 1. The molecule has 0 fully saturated rings. The van der Waals surface area contributed by atoms with E-state index < -0.39 is 0 Å². The smallest absolute Gasteiger partial charge is 0.0950 e. The van der Waals surface area contributed by atoms with Gasteiger partial charge in [-0.2, -0.15) is 0 Å². The zero-order valence-electron chi connectivity index (χ0n) is 9.48. The molecule has 0 saturated heterocycles. The van der Waals surface area contributed by atoms with Crippen molar-refractivity contribution >= 4 is 11.3 Å². The number of aliphatic hydroxyl groups is 1. The maximum Gasteiger partial charge on any atom is 0.0950 e. The van der Waals surface area contributed by atoms with E-state index in [1.807, 2.05) is 5.38 Å². The summed E-state index contributed by atoms with van der Waals surface area (Å²) < 4.78 is 0. The third kappa shape index (κ3) is 5.90. The number of thiazole rings is 1. The fourth-order valence-corrected chi connectivity index (χ4v) is 2.33. The van der Waals surface area contributed by atoms with E-state index in [9.17, 15) is 5.11 Å². The first kappa shape index (κ1) is 12.7. The number of hydrogen-bond donors (Lipinski definition) is 1. The van der Waals surface area contributed by atoms with Crippen molar-refractivity contribution in [2.24, 2.45) is 0 Å². The second kappa shape index (κ2) is 7.83. The first-order valence-corrected chi connectivity index (χ1v) is 6.77. The molecule has 1 aromatic rings. The topological polar surface area (TPSA) is 33.1 Å². The van der Waals surface area contributed by atoms with Gasteiger partial charge in [0.25, 0.3) is 0 Å². The van der Waals surface area contributed by atoms with Gasteiger partial charge in [-0.1, -0.05) is 39.0 Å². The lowest BCUT2D eigenvalue weighted by Gasteiger charge is -2.07. The monoisotopic (exact) mass is 227 g/mol. The fraction of sp³-hybridized carbons (Fsp3) is 0.750. The van der Waals surface area contributed by atoms with E-state index in [0.717, 1.165) is 24.3 Å². The average Bonchev–Trinajstić information content (AvgIpc) is 2.70. The summed E-state index contributed by atoms with van der Waals surface area (Å²) in [6.07, 6.45) is 9.56. The molecule has 86 valence electrons. The van der Waals surface area contributed by atoms with Crippen molar-refractivity contribution in [1.82, 2.24) is 4.98 Å². The zero-order valence-corrected chi connectivity index (χ0v) is 10.3. The second-order valence-electron chi connectivity index (χ2n) is 3.99. The van der Waals surface area contributed by atoms with E-state index in [4.69, 9.17) is 0 Å². The number of hydrogen-bond acceptors (Lipinski definition) is 3. The van der Waals surface area contributed by atoms with E-state index in [0.29, 0.717) is 0 Å². The van der Waals surface area contributed by atoms with E-state index in [2.05, 4.69) is 11.9 Å². The number of unbranched alkanes of at least 4 members (excludes halogenated alkanes) is 4. The predicted octanol–water partition coefficient (Wildman–Crippen LogP) is 3.41. The van der Waals surface area contributed by atoms with Gasteiger partial charge in [0.1, 0.15) is 0 Å². The molecular formula is C12H21NOS. The van der Waals surface area contributed by atoms with Crippen molar-refractivity contribution in [3.05, 3.63) is 16.6 Å². The van der Waals surface area contributed by atoms with Crippen LogP contribution < -0.4 is 0 Å². The molecule has 0 amide bonds. The molecule has 0 aromatic carbocycles. The van der Waals surface area contributed by atoms with Crippen LogP contribution in [0.2, 0.25) is 0 Å². The molecule has 0 bridgehead atoms. The molecule has 0 aliphatic rings. The molecule has 0 radical (unpaired) electrons. The number of rotatable bonds is 8. The summed E-state index contributed by atoms with van der Waals surface area (Å²) in [6, 6.07) is 0. The van der Waals surface area contributed by atoms with Crippen LogP contribution in [0.3, 0.4) is 0 Å². The van der Waals surface area contributed by atoms with Crippen molar-refractivity contribution in [2.45, 2.75) is 58.0 Å². The molecule has 1 atom stereocenters. The lowest BCUT2D eigenvalue weighted by Crippen LogP contribution is -2.09. The molecule has 2 nitrogen and oxygen atoms in total. The highest BCUT2D eigenvalue weighted by atomic mass is 32.1. The Morgan fingerprint density at radius 1 is 1.33 bits per heavy atom. The van der Waals surface area contributed by atoms with Gasteiger partial charge < -0.3 is 5.11 Å². The van der Waals surface area contributed by atoms with Crippen LogP contribution in [0.15, 0.2) is 11.6 Å². The molecule has 1 heterocycles. The maximum atomic E-state index is 9.74. The van der Waals surface area contributed by atoms with Crippen LogP contribution in [0.5, 0.6) is 0 Å². The van der Waals surface area contributed by atoms with Gasteiger partial charge in [0.05, 0.1) is 11.1 Å². The summed E-state index contributed by atoms with van der Waals surface area (Å²) in [5.74, 6) is 0. The van der Waals surface area contributed by atoms with Gasteiger partial charge in [0.2, 0.25) is 0 Å². The Kier molecular flexibility index (Phi) is 6.60. The Hall–Kier alpha value is -0.410. The van der Waals surface area contributed by atoms with Crippen molar-refractivity contribution in [3.63, 3.8) is 0 Å². The van der Waals surface area contributed by atoms with Crippen LogP contribution in [0, 0.1) is 0 Å². The summed E-state index contributed by atoms with van der Waals surface area (Å²) >= 11 is 1.63. The molecular weight excluding hydrogens is 206 g/mol. The molecule has 0 saturated carbocycles. The highest BCUT2D eigenvalue weighted by Gasteiger charge is 2.06. The van der Waals surface area contributed by atoms with Crippen molar-refractivity contribution < 1.29 is 5.11 Å². The summed E-state index contributed by atoms with van der Waals surface area (Å²) in [5.41, 5.74) is 0. The van der Waals surface area contributed by atoms with Crippen LogP contribution in [-0.4, -0.2) is 16.2 Å². The lowest BCUT2D eigenvalue weighted by atomic mass is 10.1. The molecule has 3 heteroatoms. The SMILES string of the molecule is CCCCCCCC(O)Cc1nccs1. The Morgan fingerprint density at radius 2 is 2.13 bits per heavy atom. The minimum Gasteiger partial charge on any atom is -0.393 e. The predicted molar refractivity (Wildman–Crippen MR) is 65.2 cm³/mol. The maximum absolute atomic E-state index is 9.74. The van der Waals surface area contributed by atoms with Crippen LogP contribution >= 0.6 is 11.3 Å². The van der Waals surface area contributed by atoms with Crippen molar-refractivity contribution in [2.75, 3.05) is 0 Å². The van der Waals surface area contributed by atoms with Crippen molar-refractivity contribution in [3.8, 4) is 0 Å². The molecule has 1 rings (SSSR count). The lowest BCUT2D eigenvalue weighted by molar-refractivity contribution is 0.161. The number of aliphatic hydroxyl groups excluding tert-OH is 1. The zero-order chi connectivity index (χ0) is 10.9. The van der Waals surface area contributed by atoms with E-state index in [-0.39, 0.29) is 6.10 Å². The fourth-order valence-electron chi connectivity index (χ4n) is 1.64. The second-order valence-corrected chi connectivity index (χ2v) is 4.97. The standard InChI is InChI=1S/C12H21NOS/c1-2-3-4-5-6-7-11(14)10-12-13-8-9-15-12/h8-9,11,14H,2-7,10H2,1H3. The molecule has 0 aliphatic carbocycles. The third-order valence-corrected chi connectivity index (χ3v) is 3.34. The Morgan fingerprint density at radius 3 is 2.80 bits per heavy atom. The van der Waals surface area contributed by atoms with Crippen LogP contribution in [0.1, 0.15) is 50.5 Å². The summed E-state index contributed by atoms with van der Waals surface area (Å²) in [5, 5.41) is 12.8. The van der Waals surface area contributed by atoms with Gasteiger partial charge in [-0.05, 0) is 6.42 Å². The van der Waals surface area contributed by atoms with Gasteiger partial charge >= 0.3 is 0 Å². The molecule has 0 spiro atoms. The number of aromatic nitrogens is 1. The van der Waals surface area contributed by atoms with E-state index in [1.54, 1.807) is 17.5 Å². The highest BCUT2D eigenvalue weighted by molar-refractivity contribution is 7.09. The summed E-state index contributed by atoms with van der Waals surface area (Å²) in [7, 11) is 0. The summed E-state index contributed by atoms with van der Waals surface area (Å²) in [4.78, 5) is 4.17. The molecule has 1 N–H and O–H groups in total. The van der Waals surface area contributed by atoms with Crippen molar-refractivity contribution in [1.29, 1.82) is 0 Å². The van der Waals surface area contributed by atoms with Gasteiger partial charge in [-0.15, -0.1) is 11.3 Å². The summed E-state index contributed by atoms with van der Waals surface area (Å²) in [6.45, 7) is 2.22. The van der Waals surface area contributed by atoms with Crippen LogP contribution in [0.25, 0.3) is 0 Å². The average molecular weight is 227 g/mol. The Labute approximate surface area is 96.4 Å². The van der Waals surface area contributed by atoms with Gasteiger partial charge in [0, 0.05) is 18.0 Å². The van der Waals surface area contributed by atoms with Crippen LogP contribution in [0.4, 0.5) is 0 Å². The van der Waals surface area contributed by atoms with Gasteiger partial charge in [0.15, 0.2) is 0 Å².